The van der Waals surface area contributed by atoms with Crippen LogP contribution in [0.15, 0.2) is 35.9 Å². The molecule has 1 heterocycles. The predicted octanol–water partition coefficient (Wildman–Crippen LogP) is 5.65. The van der Waals surface area contributed by atoms with Crippen molar-refractivity contribution in [2.24, 2.45) is 5.92 Å². The molecule has 1 aliphatic heterocycles. The molecule has 0 saturated heterocycles. The Hall–Kier alpha value is -3.28. The smallest absolute Gasteiger partial charge is 0.342 e. The molecular weight excluding hydrogens is 430 g/mol. The highest BCUT2D eigenvalue weighted by atomic mass is 16.5. The monoisotopic (exact) mass is 465 g/mol. The van der Waals surface area contributed by atoms with Crippen molar-refractivity contribution in [3.05, 3.63) is 63.7 Å². The van der Waals surface area contributed by atoms with Crippen LogP contribution in [0, 0.1) is 19.8 Å². The molecule has 0 spiro atoms. The van der Waals surface area contributed by atoms with Crippen LogP contribution in [-0.2, 0) is 22.6 Å². The van der Waals surface area contributed by atoms with Gasteiger partial charge in [0.05, 0.1) is 7.11 Å². The molecule has 0 aromatic heterocycles. The minimum absolute atomic E-state index is 0.0810. The lowest BCUT2D eigenvalue weighted by Gasteiger charge is -2.25. The molecule has 6 nitrogen and oxygen atoms in total. The minimum atomic E-state index is -0.507. The molecule has 0 unspecified atom stereocenters. The molecule has 0 saturated carbocycles. The summed E-state index contributed by atoms with van der Waals surface area (Å²) in [7, 11) is 1.55. The summed E-state index contributed by atoms with van der Waals surface area (Å²) in [6.45, 7) is 10.9. The van der Waals surface area contributed by atoms with Gasteiger partial charge in [0.15, 0.2) is 0 Å². The van der Waals surface area contributed by atoms with Gasteiger partial charge in [-0.2, -0.15) is 0 Å². The van der Waals surface area contributed by atoms with E-state index in [1.165, 1.54) is 0 Å². The number of amides is 1. The molecule has 1 amide bonds. The molecule has 0 radical (unpaired) electrons. The standard InChI is InChI=1S/C28H35NO5/c1-17(2)15-29(21-11-7-18(3)8-12-21)24(30)14-10-19(4)9-13-22-26(31)25-23(16-34-28(25)32)20(5)27(22)33-6/h7-9,11-12,17,31H,10,13-16H2,1-6H3/b19-9+. The Balaban J connectivity index is 1.74. The molecule has 1 N–H and O–H groups in total. The lowest BCUT2D eigenvalue weighted by Crippen LogP contribution is -2.34. The van der Waals surface area contributed by atoms with E-state index < -0.39 is 5.97 Å². The number of allylic oxidation sites excluding steroid dienone is 2. The minimum Gasteiger partial charge on any atom is -0.507 e. The first-order valence-corrected chi connectivity index (χ1v) is 11.7. The summed E-state index contributed by atoms with van der Waals surface area (Å²) in [5.41, 5.74) is 5.38. The van der Waals surface area contributed by atoms with Gasteiger partial charge in [-0.1, -0.05) is 43.2 Å². The number of fused-ring (bicyclic) bond motifs is 1. The number of rotatable bonds is 9. The fourth-order valence-electron chi connectivity index (χ4n) is 4.29. The molecule has 182 valence electrons. The van der Waals surface area contributed by atoms with Crippen molar-refractivity contribution in [1.29, 1.82) is 0 Å². The number of anilines is 1. The lowest BCUT2D eigenvalue weighted by atomic mass is 9.94. The van der Waals surface area contributed by atoms with Gasteiger partial charge in [-0.3, -0.25) is 4.79 Å². The average molecular weight is 466 g/mol. The van der Waals surface area contributed by atoms with Crippen molar-refractivity contribution in [1.82, 2.24) is 0 Å². The third kappa shape index (κ3) is 5.44. The van der Waals surface area contributed by atoms with Crippen LogP contribution in [0.1, 0.15) is 66.2 Å². The largest absolute Gasteiger partial charge is 0.507 e. The SMILES string of the molecule is COc1c(C)c2c(c(O)c1C/C=C(\C)CCC(=O)N(CC(C)C)c1ccc(C)cc1)C(=O)OC2. The van der Waals surface area contributed by atoms with Crippen LogP contribution < -0.4 is 9.64 Å². The van der Waals surface area contributed by atoms with Crippen LogP contribution in [0.5, 0.6) is 11.5 Å². The van der Waals surface area contributed by atoms with Crippen molar-refractivity contribution in [3.8, 4) is 11.5 Å². The Morgan fingerprint density at radius 3 is 2.50 bits per heavy atom. The van der Waals surface area contributed by atoms with Gasteiger partial charge in [0.25, 0.3) is 0 Å². The lowest BCUT2D eigenvalue weighted by molar-refractivity contribution is -0.118. The second kappa shape index (κ2) is 10.8. The van der Waals surface area contributed by atoms with Crippen LogP contribution in [0.3, 0.4) is 0 Å². The van der Waals surface area contributed by atoms with Gasteiger partial charge in [-0.05, 0) is 57.2 Å². The Morgan fingerprint density at radius 1 is 1.21 bits per heavy atom. The average Bonchev–Trinajstić information content (AvgIpc) is 3.19. The number of aryl methyl sites for hydroxylation is 1. The van der Waals surface area contributed by atoms with E-state index in [0.717, 1.165) is 22.4 Å². The van der Waals surface area contributed by atoms with Gasteiger partial charge in [0.1, 0.15) is 23.7 Å². The number of phenols is 1. The van der Waals surface area contributed by atoms with Crippen LogP contribution in [0.4, 0.5) is 5.69 Å². The zero-order valence-corrected chi connectivity index (χ0v) is 21.0. The third-order valence-corrected chi connectivity index (χ3v) is 6.23. The molecular formula is C28H35NO5. The molecule has 2 aromatic rings. The first-order chi connectivity index (χ1) is 16.1. The molecule has 0 atom stereocenters. The van der Waals surface area contributed by atoms with E-state index in [2.05, 4.69) is 13.8 Å². The summed E-state index contributed by atoms with van der Waals surface area (Å²) in [5, 5.41) is 10.8. The highest BCUT2D eigenvalue weighted by molar-refractivity contribution is 5.98. The van der Waals surface area contributed by atoms with E-state index in [4.69, 9.17) is 9.47 Å². The van der Waals surface area contributed by atoms with Crippen LogP contribution >= 0.6 is 0 Å². The number of hydrogen-bond donors (Lipinski definition) is 1. The Bertz CT molecular complexity index is 1100. The number of carbonyl (C=O) groups excluding carboxylic acids is 2. The number of ether oxygens (including phenoxy) is 2. The topological polar surface area (TPSA) is 76.1 Å². The van der Waals surface area contributed by atoms with Gasteiger partial charge in [-0.15, -0.1) is 0 Å². The van der Waals surface area contributed by atoms with Gasteiger partial charge < -0.3 is 19.5 Å². The predicted molar refractivity (Wildman–Crippen MR) is 134 cm³/mol. The van der Waals surface area contributed by atoms with Gasteiger partial charge in [0.2, 0.25) is 5.91 Å². The quantitative estimate of drug-likeness (QED) is 0.383. The maximum Gasteiger partial charge on any atom is 0.342 e. The number of nitrogens with zero attached hydrogens (tertiary/aromatic N) is 1. The highest BCUT2D eigenvalue weighted by Gasteiger charge is 2.31. The van der Waals surface area contributed by atoms with E-state index in [1.807, 2.05) is 56.0 Å². The maximum absolute atomic E-state index is 13.1. The first kappa shape index (κ1) is 25.3. The molecule has 34 heavy (non-hydrogen) atoms. The summed E-state index contributed by atoms with van der Waals surface area (Å²) >= 11 is 0. The summed E-state index contributed by atoms with van der Waals surface area (Å²) < 4.78 is 10.7. The second-order valence-electron chi connectivity index (χ2n) is 9.40. The highest BCUT2D eigenvalue weighted by Crippen LogP contribution is 2.42. The molecule has 3 rings (SSSR count). The Labute approximate surface area is 202 Å². The number of benzene rings is 2. The second-order valence-corrected chi connectivity index (χ2v) is 9.40. The van der Waals surface area contributed by atoms with E-state index in [-0.39, 0.29) is 23.8 Å². The maximum atomic E-state index is 13.1. The number of cyclic esters (lactones) is 1. The zero-order valence-electron chi connectivity index (χ0n) is 21.0. The van der Waals surface area contributed by atoms with Crippen molar-refractivity contribution in [2.75, 3.05) is 18.6 Å². The molecule has 0 bridgehead atoms. The van der Waals surface area contributed by atoms with Gasteiger partial charge in [0, 0.05) is 29.8 Å². The van der Waals surface area contributed by atoms with E-state index in [1.54, 1.807) is 7.11 Å². The number of methoxy groups -OCH3 is 1. The number of aromatic hydroxyl groups is 1. The Morgan fingerprint density at radius 2 is 1.88 bits per heavy atom. The fraction of sp³-hybridized carbons (Fsp3) is 0.429. The number of carbonyl (C=O) groups is 2. The summed E-state index contributed by atoms with van der Waals surface area (Å²) in [5.74, 6) is 0.417. The number of esters is 1. The fourth-order valence-corrected chi connectivity index (χ4v) is 4.29. The van der Waals surface area contributed by atoms with E-state index in [0.29, 0.717) is 48.6 Å². The van der Waals surface area contributed by atoms with Crippen LogP contribution in [0.25, 0.3) is 0 Å². The van der Waals surface area contributed by atoms with Crippen LogP contribution in [-0.4, -0.2) is 30.6 Å². The van der Waals surface area contributed by atoms with E-state index in [9.17, 15) is 14.7 Å². The van der Waals surface area contributed by atoms with Crippen molar-refractivity contribution in [3.63, 3.8) is 0 Å². The molecule has 6 heteroatoms. The summed E-state index contributed by atoms with van der Waals surface area (Å²) in [6.07, 6.45) is 3.37. The van der Waals surface area contributed by atoms with Gasteiger partial charge in [-0.25, -0.2) is 4.79 Å². The number of hydrogen-bond acceptors (Lipinski definition) is 5. The molecule has 0 aliphatic carbocycles. The molecule has 1 aliphatic rings. The van der Waals surface area contributed by atoms with Crippen molar-refractivity contribution >= 4 is 17.6 Å². The molecule has 0 fully saturated rings. The Kier molecular flexibility index (Phi) is 8.02. The normalized spacial score (nSPS) is 13.1. The zero-order chi connectivity index (χ0) is 25.0. The van der Waals surface area contributed by atoms with Crippen molar-refractivity contribution in [2.45, 2.75) is 60.5 Å². The summed E-state index contributed by atoms with van der Waals surface area (Å²) in [6, 6.07) is 8.04. The van der Waals surface area contributed by atoms with Crippen molar-refractivity contribution < 1.29 is 24.2 Å². The van der Waals surface area contributed by atoms with E-state index >= 15 is 0 Å². The summed E-state index contributed by atoms with van der Waals surface area (Å²) in [4.78, 5) is 27.1. The first-order valence-electron chi connectivity index (χ1n) is 11.7. The van der Waals surface area contributed by atoms with Gasteiger partial charge >= 0.3 is 5.97 Å². The molecule has 2 aromatic carbocycles. The van der Waals surface area contributed by atoms with Crippen LogP contribution in [0.2, 0.25) is 0 Å². The number of phenolic OH excluding ortho intramolecular Hbond substituents is 1. The third-order valence-electron chi connectivity index (χ3n) is 6.23.